The van der Waals surface area contributed by atoms with E-state index in [1.54, 1.807) is 0 Å². The highest BCUT2D eigenvalue weighted by Crippen LogP contribution is 2.43. The molecule has 0 aromatic heterocycles. The number of imide groups is 1. The Morgan fingerprint density at radius 3 is 2.23 bits per heavy atom. The Morgan fingerprint density at radius 2 is 1.74 bits per heavy atom. The first kappa shape index (κ1) is 25.3. The molecule has 1 aromatic carbocycles. The van der Waals surface area contributed by atoms with Crippen molar-refractivity contribution in [1.29, 1.82) is 0 Å². The van der Waals surface area contributed by atoms with E-state index in [1.807, 2.05) is 76.9 Å². The molecule has 2 amide bonds. The molecule has 2 rings (SSSR count). The van der Waals surface area contributed by atoms with Crippen LogP contribution >= 0.6 is 0 Å². The number of rotatable bonds is 5. The topological polar surface area (TPSA) is 59.1 Å². The zero-order valence-corrected chi connectivity index (χ0v) is 20.7. The maximum Gasteiger partial charge on any atom is 0.417 e. The fourth-order valence-corrected chi connectivity index (χ4v) is 4.23. The third kappa shape index (κ3) is 5.29. The van der Waals surface area contributed by atoms with Gasteiger partial charge in [0.05, 0.1) is 17.1 Å². The fourth-order valence-electron chi connectivity index (χ4n) is 4.23. The minimum absolute atomic E-state index is 0.171. The Hall–Kier alpha value is -1.92. The molecule has 31 heavy (non-hydrogen) atoms. The molecule has 0 aliphatic carbocycles. The first-order chi connectivity index (χ1) is 14.3. The molecule has 0 saturated carbocycles. The summed E-state index contributed by atoms with van der Waals surface area (Å²) in [5, 5.41) is 2.00. The lowest BCUT2D eigenvalue weighted by atomic mass is 9.85. The van der Waals surface area contributed by atoms with Crippen LogP contribution in [0.5, 0.6) is 0 Å². The molecule has 1 aliphatic rings. The summed E-state index contributed by atoms with van der Waals surface area (Å²) in [6.45, 7) is 17.6. The Kier molecular flexibility index (Phi) is 7.59. The number of carbonyl (C=O) groups is 2. The molecule has 1 saturated heterocycles. The van der Waals surface area contributed by atoms with Crippen molar-refractivity contribution in [3.8, 4) is 0 Å². The number of hydrogen-bond acceptors (Lipinski definition) is 5. The minimum atomic E-state index is -0.682. The van der Waals surface area contributed by atoms with Crippen molar-refractivity contribution in [1.82, 2.24) is 9.96 Å². The third-order valence-electron chi connectivity index (χ3n) is 6.64. The largest absolute Gasteiger partial charge is 0.443 e. The molecular weight excluding hydrogens is 392 g/mol. The Morgan fingerprint density at radius 1 is 1.16 bits per heavy atom. The molecule has 0 bridgehead atoms. The molecule has 4 atom stereocenters. The normalized spacial score (nSPS) is 28.9. The third-order valence-corrected chi connectivity index (χ3v) is 6.64. The number of hydroxylamine groups is 2. The van der Waals surface area contributed by atoms with Crippen molar-refractivity contribution in [2.75, 3.05) is 0 Å². The van der Waals surface area contributed by atoms with Crippen LogP contribution in [0, 0.1) is 0 Å². The molecule has 0 N–H and O–H groups in total. The first-order valence-corrected chi connectivity index (χ1v) is 11.4. The van der Waals surface area contributed by atoms with E-state index in [4.69, 9.17) is 9.57 Å². The average Bonchev–Trinajstić information content (AvgIpc) is 2.75. The van der Waals surface area contributed by atoms with Gasteiger partial charge in [-0.3, -0.25) is 9.63 Å². The zero-order valence-electron chi connectivity index (χ0n) is 20.7. The highest BCUT2D eigenvalue weighted by atomic mass is 16.7. The molecule has 1 aromatic rings. The van der Waals surface area contributed by atoms with Gasteiger partial charge in [0, 0.05) is 6.42 Å². The number of carbonyl (C=O) groups excluding carboxylic acids is 2. The van der Waals surface area contributed by atoms with Crippen LogP contribution in [0.15, 0.2) is 30.3 Å². The van der Waals surface area contributed by atoms with E-state index < -0.39 is 28.8 Å². The van der Waals surface area contributed by atoms with Gasteiger partial charge in [0.1, 0.15) is 11.7 Å². The highest BCUT2D eigenvalue weighted by Gasteiger charge is 2.55. The van der Waals surface area contributed by atoms with Gasteiger partial charge >= 0.3 is 6.09 Å². The zero-order chi connectivity index (χ0) is 23.6. The van der Waals surface area contributed by atoms with Gasteiger partial charge in [0.25, 0.3) is 0 Å². The van der Waals surface area contributed by atoms with Gasteiger partial charge < -0.3 is 4.74 Å². The van der Waals surface area contributed by atoms with Gasteiger partial charge in [0.15, 0.2) is 0 Å². The van der Waals surface area contributed by atoms with E-state index in [2.05, 4.69) is 20.8 Å². The summed E-state index contributed by atoms with van der Waals surface area (Å²) >= 11 is 0. The van der Waals surface area contributed by atoms with Gasteiger partial charge in [-0.2, -0.15) is 5.06 Å². The molecule has 4 unspecified atom stereocenters. The molecule has 1 aliphatic heterocycles. The second-order valence-electron chi connectivity index (χ2n) is 10.1. The van der Waals surface area contributed by atoms with E-state index in [0.717, 1.165) is 5.56 Å². The van der Waals surface area contributed by atoms with Crippen molar-refractivity contribution in [2.24, 2.45) is 0 Å². The lowest BCUT2D eigenvalue weighted by molar-refractivity contribution is -0.302. The highest BCUT2D eigenvalue weighted by molar-refractivity contribution is 5.93. The molecular formula is C25H40N2O4. The van der Waals surface area contributed by atoms with Crippen molar-refractivity contribution in [3.05, 3.63) is 35.9 Å². The van der Waals surface area contributed by atoms with Crippen molar-refractivity contribution < 1.29 is 19.2 Å². The monoisotopic (exact) mass is 432 g/mol. The number of hydrogen-bond donors (Lipinski definition) is 0. The quantitative estimate of drug-likeness (QED) is 0.582. The Balaban J connectivity index is 2.51. The van der Waals surface area contributed by atoms with Crippen LogP contribution in [0.1, 0.15) is 93.2 Å². The van der Waals surface area contributed by atoms with Crippen molar-refractivity contribution >= 4 is 12.0 Å². The maximum absolute atomic E-state index is 13.4. The van der Waals surface area contributed by atoms with Crippen LogP contribution < -0.4 is 0 Å². The van der Waals surface area contributed by atoms with Gasteiger partial charge in [-0.25, -0.2) is 9.69 Å². The van der Waals surface area contributed by atoms with Crippen molar-refractivity contribution in [2.45, 2.75) is 110 Å². The Labute approximate surface area is 187 Å². The predicted octanol–water partition coefficient (Wildman–Crippen LogP) is 5.87. The molecule has 6 heteroatoms. The molecule has 6 nitrogen and oxygen atoms in total. The summed E-state index contributed by atoms with van der Waals surface area (Å²) in [7, 11) is 0. The number of benzene rings is 1. The van der Waals surface area contributed by atoms with E-state index >= 15 is 0 Å². The smallest absolute Gasteiger partial charge is 0.417 e. The predicted molar refractivity (Wildman–Crippen MR) is 122 cm³/mol. The standard InChI is InChI=1S/C25H40N2O4/c1-10-24(8)17-21(28)26(22(29)30-23(5,6)7)19(4)25(9,11-2)27(24)31-18(3)20-15-13-12-14-16-20/h12-16,18-19H,10-11,17H2,1-9H3. The molecule has 174 valence electrons. The summed E-state index contributed by atoms with van der Waals surface area (Å²) < 4.78 is 5.61. The van der Waals surface area contributed by atoms with Crippen LogP contribution in [0.25, 0.3) is 0 Å². The summed E-state index contributed by atoms with van der Waals surface area (Å²) in [4.78, 5) is 34.4. The second-order valence-corrected chi connectivity index (χ2v) is 10.1. The maximum atomic E-state index is 13.4. The summed E-state index contributed by atoms with van der Waals surface area (Å²) in [5.74, 6) is -0.232. The van der Waals surface area contributed by atoms with E-state index in [1.165, 1.54) is 4.90 Å². The lowest BCUT2D eigenvalue weighted by Crippen LogP contribution is -2.63. The first-order valence-electron chi connectivity index (χ1n) is 11.4. The number of nitrogens with zero attached hydrogens (tertiary/aromatic N) is 2. The van der Waals surface area contributed by atoms with Crippen LogP contribution in [0.3, 0.4) is 0 Å². The summed E-state index contributed by atoms with van der Waals surface area (Å²) in [5.41, 5.74) is -0.795. The molecule has 0 radical (unpaired) electrons. The summed E-state index contributed by atoms with van der Waals surface area (Å²) in [6, 6.07) is 9.61. The van der Waals surface area contributed by atoms with Gasteiger partial charge in [-0.05, 0) is 66.9 Å². The fraction of sp³-hybridized carbons (Fsp3) is 0.680. The summed E-state index contributed by atoms with van der Waals surface area (Å²) in [6.07, 6.45) is 0.765. The van der Waals surface area contributed by atoms with Gasteiger partial charge in [0.2, 0.25) is 5.91 Å². The van der Waals surface area contributed by atoms with Crippen LogP contribution in [0.4, 0.5) is 4.79 Å². The van der Waals surface area contributed by atoms with Gasteiger partial charge in [-0.1, -0.05) is 44.2 Å². The molecule has 0 spiro atoms. The Bertz CT molecular complexity index is 775. The van der Waals surface area contributed by atoms with Crippen LogP contribution in [-0.2, 0) is 14.4 Å². The van der Waals surface area contributed by atoms with E-state index in [9.17, 15) is 9.59 Å². The SMILES string of the molecule is CCC1(C)CC(=O)N(C(=O)OC(C)(C)C)C(C)C(C)(CC)N1OC(C)c1ccccc1. The molecule has 1 fully saturated rings. The molecule has 1 heterocycles. The van der Waals surface area contributed by atoms with E-state index in [-0.39, 0.29) is 18.4 Å². The van der Waals surface area contributed by atoms with Gasteiger partial charge in [-0.15, -0.1) is 0 Å². The van der Waals surface area contributed by atoms with Crippen LogP contribution in [-0.4, -0.2) is 44.7 Å². The number of ether oxygens (including phenoxy) is 1. The average molecular weight is 433 g/mol. The lowest BCUT2D eigenvalue weighted by Gasteiger charge is -2.51. The number of amides is 2. The van der Waals surface area contributed by atoms with Crippen LogP contribution in [0.2, 0.25) is 0 Å². The second kappa shape index (κ2) is 9.29. The minimum Gasteiger partial charge on any atom is -0.443 e. The van der Waals surface area contributed by atoms with E-state index in [0.29, 0.717) is 12.8 Å². The van der Waals surface area contributed by atoms with Crippen molar-refractivity contribution in [3.63, 3.8) is 0 Å².